The number of nitrogens with zero attached hydrogens (tertiary/aromatic N) is 1. The van der Waals surface area contributed by atoms with E-state index in [-0.39, 0.29) is 6.61 Å². The summed E-state index contributed by atoms with van der Waals surface area (Å²) in [5.74, 6) is 0.901. The van der Waals surface area contributed by atoms with Crippen LogP contribution in [0.25, 0.3) is 0 Å². The molecule has 1 aromatic carbocycles. The summed E-state index contributed by atoms with van der Waals surface area (Å²) in [4.78, 5) is 2.45. The van der Waals surface area contributed by atoms with Gasteiger partial charge in [-0.05, 0) is 31.0 Å². The van der Waals surface area contributed by atoms with E-state index in [0.29, 0.717) is 6.61 Å². The number of para-hydroxylation sites is 1. The molecule has 1 aromatic rings. The molecule has 0 atom stereocenters. The van der Waals surface area contributed by atoms with Crippen molar-refractivity contribution in [2.75, 3.05) is 46.1 Å². The lowest BCUT2D eigenvalue weighted by Crippen LogP contribution is -2.36. The predicted molar refractivity (Wildman–Crippen MR) is 74.6 cm³/mol. The molecule has 1 saturated heterocycles. The van der Waals surface area contributed by atoms with Gasteiger partial charge in [0.25, 0.3) is 0 Å². The number of hydrogen-bond acceptors (Lipinski definition) is 4. The Morgan fingerprint density at radius 2 is 2.00 bits per heavy atom. The van der Waals surface area contributed by atoms with E-state index in [4.69, 9.17) is 14.6 Å². The van der Waals surface area contributed by atoms with Gasteiger partial charge in [0.1, 0.15) is 12.4 Å². The van der Waals surface area contributed by atoms with Crippen LogP contribution in [0.1, 0.15) is 12.0 Å². The van der Waals surface area contributed by atoms with Crippen LogP contribution < -0.4 is 4.74 Å². The van der Waals surface area contributed by atoms with E-state index in [9.17, 15) is 0 Å². The molecule has 0 bridgehead atoms. The molecule has 19 heavy (non-hydrogen) atoms. The summed E-state index contributed by atoms with van der Waals surface area (Å²) >= 11 is 0. The molecule has 0 radical (unpaired) electrons. The number of ether oxygens (including phenoxy) is 2. The molecule has 4 nitrogen and oxygen atoms in total. The van der Waals surface area contributed by atoms with Crippen LogP contribution in [0.15, 0.2) is 24.3 Å². The highest BCUT2D eigenvalue weighted by atomic mass is 16.5. The number of benzene rings is 1. The standard InChI is InChI=1S/C15H23NO3/c17-10-13-19-15-6-2-1-4-14(15)5-3-7-16-8-11-18-12-9-16/h1-2,4,6,17H,3,5,7-13H2. The molecule has 1 heterocycles. The number of rotatable bonds is 7. The molecule has 0 spiro atoms. The van der Waals surface area contributed by atoms with E-state index in [1.165, 1.54) is 5.56 Å². The van der Waals surface area contributed by atoms with E-state index < -0.39 is 0 Å². The maximum Gasteiger partial charge on any atom is 0.122 e. The van der Waals surface area contributed by atoms with Crippen molar-refractivity contribution in [3.05, 3.63) is 29.8 Å². The fraction of sp³-hybridized carbons (Fsp3) is 0.600. The van der Waals surface area contributed by atoms with Crippen LogP contribution in [0, 0.1) is 0 Å². The summed E-state index contributed by atoms with van der Waals surface area (Å²) in [7, 11) is 0. The summed E-state index contributed by atoms with van der Waals surface area (Å²) in [6, 6.07) is 8.08. The predicted octanol–water partition coefficient (Wildman–Crippen LogP) is 1.32. The summed E-state index contributed by atoms with van der Waals surface area (Å²) in [5, 5.41) is 8.82. The summed E-state index contributed by atoms with van der Waals surface area (Å²) in [5.41, 5.74) is 1.23. The molecular formula is C15H23NO3. The fourth-order valence-corrected chi connectivity index (χ4v) is 2.32. The van der Waals surface area contributed by atoms with Gasteiger partial charge >= 0.3 is 0 Å². The van der Waals surface area contributed by atoms with Crippen LogP contribution in [-0.2, 0) is 11.2 Å². The zero-order chi connectivity index (χ0) is 13.3. The lowest BCUT2D eigenvalue weighted by atomic mass is 10.1. The molecule has 4 heteroatoms. The van der Waals surface area contributed by atoms with Gasteiger partial charge in [-0.15, -0.1) is 0 Å². The molecule has 1 aliphatic heterocycles. The lowest BCUT2D eigenvalue weighted by molar-refractivity contribution is 0.0374. The highest BCUT2D eigenvalue weighted by molar-refractivity contribution is 5.33. The van der Waals surface area contributed by atoms with Crippen molar-refractivity contribution in [3.63, 3.8) is 0 Å². The van der Waals surface area contributed by atoms with E-state index in [1.54, 1.807) is 0 Å². The van der Waals surface area contributed by atoms with E-state index >= 15 is 0 Å². The zero-order valence-corrected chi connectivity index (χ0v) is 11.4. The van der Waals surface area contributed by atoms with Crippen molar-refractivity contribution in [3.8, 4) is 5.75 Å². The van der Waals surface area contributed by atoms with Crippen molar-refractivity contribution in [1.29, 1.82) is 0 Å². The molecule has 0 aliphatic carbocycles. The second kappa shape index (κ2) is 8.15. The average Bonchev–Trinajstić information content (AvgIpc) is 2.47. The first-order valence-corrected chi connectivity index (χ1v) is 7.02. The van der Waals surface area contributed by atoms with Gasteiger partial charge in [0.05, 0.1) is 19.8 Å². The monoisotopic (exact) mass is 265 g/mol. The number of aliphatic hydroxyl groups excluding tert-OH is 1. The van der Waals surface area contributed by atoms with Gasteiger partial charge in [-0.1, -0.05) is 18.2 Å². The number of aliphatic hydroxyl groups is 1. The Kier molecular flexibility index (Phi) is 6.14. The van der Waals surface area contributed by atoms with Gasteiger partial charge in [0, 0.05) is 13.1 Å². The SMILES string of the molecule is OCCOc1ccccc1CCCN1CCOCC1. The number of aryl methyl sites for hydroxylation is 1. The molecule has 0 amide bonds. The topological polar surface area (TPSA) is 41.9 Å². The number of morpholine rings is 1. The maximum atomic E-state index is 8.82. The second-order valence-electron chi connectivity index (χ2n) is 4.74. The Balaban J connectivity index is 1.77. The third-order valence-corrected chi connectivity index (χ3v) is 3.35. The fourth-order valence-electron chi connectivity index (χ4n) is 2.32. The van der Waals surface area contributed by atoms with E-state index in [1.807, 2.05) is 18.2 Å². The minimum absolute atomic E-state index is 0.0577. The summed E-state index contributed by atoms with van der Waals surface area (Å²) in [6.45, 7) is 5.33. The van der Waals surface area contributed by atoms with Crippen LogP contribution >= 0.6 is 0 Å². The smallest absolute Gasteiger partial charge is 0.122 e. The first kappa shape index (κ1) is 14.3. The van der Waals surface area contributed by atoms with Gasteiger partial charge in [0.15, 0.2) is 0 Å². The van der Waals surface area contributed by atoms with Crippen LogP contribution in [0.2, 0.25) is 0 Å². The highest BCUT2D eigenvalue weighted by Crippen LogP contribution is 2.19. The van der Waals surface area contributed by atoms with Crippen molar-refractivity contribution < 1.29 is 14.6 Å². The van der Waals surface area contributed by atoms with E-state index in [2.05, 4.69) is 11.0 Å². The first-order chi connectivity index (χ1) is 9.40. The van der Waals surface area contributed by atoms with Crippen LogP contribution in [0.5, 0.6) is 5.75 Å². The lowest BCUT2D eigenvalue weighted by Gasteiger charge is -2.26. The molecule has 0 saturated carbocycles. The van der Waals surface area contributed by atoms with Gasteiger partial charge in [-0.3, -0.25) is 4.90 Å². The Bertz CT molecular complexity index is 364. The van der Waals surface area contributed by atoms with E-state index in [0.717, 1.165) is 51.4 Å². The quantitative estimate of drug-likeness (QED) is 0.807. The average molecular weight is 265 g/mol. The molecule has 1 fully saturated rings. The largest absolute Gasteiger partial charge is 0.491 e. The molecule has 0 unspecified atom stereocenters. The molecular weight excluding hydrogens is 242 g/mol. The zero-order valence-electron chi connectivity index (χ0n) is 11.4. The minimum Gasteiger partial charge on any atom is -0.491 e. The maximum absolute atomic E-state index is 8.82. The van der Waals surface area contributed by atoms with Gasteiger partial charge in [-0.25, -0.2) is 0 Å². The van der Waals surface area contributed by atoms with Gasteiger partial charge in [0.2, 0.25) is 0 Å². The Labute approximate surface area is 114 Å². The van der Waals surface area contributed by atoms with Crippen LogP contribution in [0.3, 0.4) is 0 Å². The molecule has 1 aliphatic rings. The Hall–Kier alpha value is -1.10. The van der Waals surface area contributed by atoms with Gasteiger partial charge < -0.3 is 14.6 Å². The van der Waals surface area contributed by atoms with Crippen LogP contribution in [-0.4, -0.2) is 56.1 Å². The molecule has 106 valence electrons. The number of hydrogen-bond donors (Lipinski definition) is 1. The molecule has 2 rings (SSSR count). The highest BCUT2D eigenvalue weighted by Gasteiger charge is 2.10. The Morgan fingerprint density at radius 3 is 2.79 bits per heavy atom. The second-order valence-corrected chi connectivity index (χ2v) is 4.74. The van der Waals surface area contributed by atoms with Crippen molar-refractivity contribution >= 4 is 0 Å². The van der Waals surface area contributed by atoms with Crippen molar-refractivity contribution in [1.82, 2.24) is 4.90 Å². The molecule has 0 aromatic heterocycles. The van der Waals surface area contributed by atoms with Gasteiger partial charge in [-0.2, -0.15) is 0 Å². The minimum atomic E-state index is 0.0577. The third-order valence-electron chi connectivity index (χ3n) is 3.35. The first-order valence-electron chi connectivity index (χ1n) is 7.02. The summed E-state index contributed by atoms with van der Waals surface area (Å²) in [6.07, 6.45) is 2.14. The third kappa shape index (κ3) is 4.82. The van der Waals surface area contributed by atoms with Crippen molar-refractivity contribution in [2.24, 2.45) is 0 Å². The van der Waals surface area contributed by atoms with Crippen molar-refractivity contribution in [2.45, 2.75) is 12.8 Å². The summed E-state index contributed by atoms with van der Waals surface area (Å²) < 4.78 is 10.9. The Morgan fingerprint density at radius 1 is 1.21 bits per heavy atom. The van der Waals surface area contributed by atoms with Crippen LogP contribution in [0.4, 0.5) is 0 Å². The normalized spacial score (nSPS) is 16.5. The molecule has 1 N–H and O–H groups in total.